The van der Waals surface area contributed by atoms with Gasteiger partial charge in [0, 0.05) is 7.05 Å². The average molecular weight is 313 g/mol. The first kappa shape index (κ1) is 15.6. The second kappa shape index (κ2) is 6.33. The molecule has 8 heteroatoms. The van der Waals surface area contributed by atoms with Crippen molar-refractivity contribution < 1.29 is 22.4 Å². The van der Waals surface area contributed by atoms with Crippen LogP contribution in [0.5, 0.6) is 0 Å². The zero-order valence-electron chi connectivity index (χ0n) is 11.3. The minimum absolute atomic E-state index is 0.585. The minimum Gasteiger partial charge on any atom is -0.292 e. The van der Waals surface area contributed by atoms with Crippen LogP contribution in [-0.2, 0) is 0 Å². The number of nitrogens with one attached hydrogen (secondary N) is 2. The molecule has 2 aromatic carbocycles. The Balaban J connectivity index is 2.13. The number of hydrogen-bond acceptors (Lipinski definition) is 2. The van der Waals surface area contributed by atoms with Crippen molar-refractivity contribution in [1.29, 1.82) is 0 Å². The Bertz CT molecular complexity index is 668. The molecule has 116 valence electrons. The van der Waals surface area contributed by atoms with Gasteiger partial charge in [-0.2, -0.15) is 0 Å². The Morgan fingerprint density at radius 1 is 0.909 bits per heavy atom. The summed E-state index contributed by atoms with van der Waals surface area (Å²) in [6.07, 6.45) is 0. The number of para-hydroxylation sites is 2. The van der Waals surface area contributed by atoms with E-state index in [9.17, 15) is 22.4 Å². The van der Waals surface area contributed by atoms with Gasteiger partial charge in [-0.1, -0.05) is 12.1 Å². The number of anilines is 2. The van der Waals surface area contributed by atoms with E-state index in [1.165, 1.54) is 0 Å². The van der Waals surface area contributed by atoms with E-state index >= 15 is 0 Å². The van der Waals surface area contributed by atoms with Gasteiger partial charge in [0.15, 0.2) is 11.6 Å². The fraction of sp³-hybridized carbons (Fsp3) is 0.0714. The molecule has 0 heterocycles. The van der Waals surface area contributed by atoms with Crippen molar-refractivity contribution in [1.82, 2.24) is 5.43 Å². The normalized spacial score (nSPS) is 10.2. The summed E-state index contributed by atoms with van der Waals surface area (Å²) in [4.78, 5) is 12.5. The van der Waals surface area contributed by atoms with Crippen molar-refractivity contribution in [2.75, 3.05) is 17.4 Å². The lowest BCUT2D eigenvalue weighted by Gasteiger charge is -2.20. The van der Waals surface area contributed by atoms with E-state index in [4.69, 9.17) is 0 Å². The molecule has 0 radical (unpaired) electrons. The fourth-order valence-electron chi connectivity index (χ4n) is 1.73. The van der Waals surface area contributed by atoms with Crippen LogP contribution in [0.15, 0.2) is 36.4 Å². The number of halogens is 4. The highest BCUT2D eigenvalue weighted by Crippen LogP contribution is 2.22. The summed E-state index contributed by atoms with van der Waals surface area (Å²) in [5.74, 6) is -3.76. The summed E-state index contributed by atoms with van der Waals surface area (Å²) in [5.41, 5.74) is 2.82. The molecule has 0 aliphatic rings. The third-order valence-corrected chi connectivity index (χ3v) is 2.83. The van der Waals surface area contributed by atoms with Crippen LogP contribution in [0.3, 0.4) is 0 Å². The van der Waals surface area contributed by atoms with Gasteiger partial charge in [0.25, 0.3) is 0 Å². The van der Waals surface area contributed by atoms with Crippen molar-refractivity contribution in [3.05, 3.63) is 59.7 Å². The molecule has 0 aromatic heterocycles. The van der Waals surface area contributed by atoms with E-state index in [0.29, 0.717) is 4.90 Å². The molecule has 0 fully saturated rings. The van der Waals surface area contributed by atoms with Gasteiger partial charge >= 0.3 is 6.03 Å². The zero-order chi connectivity index (χ0) is 16.3. The van der Waals surface area contributed by atoms with Gasteiger partial charge in [-0.05, 0) is 24.3 Å². The topological polar surface area (TPSA) is 44.4 Å². The highest BCUT2D eigenvalue weighted by atomic mass is 19.1. The molecule has 0 saturated carbocycles. The summed E-state index contributed by atoms with van der Waals surface area (Å²) in [5, 5.41) is 0. The number of rotatable bonds is 3. The molecule has 2 aromatic rings. The molecular formula is C14H11F4N3O. The molecule has 2 N–H and O–H groups in total. The SMILES string of the molecule is CN(C(=O)NNc1c(F)cccc1F)c1c(F)cccc1F. The van der Waals surface area contributed by atoms with Crippen LogP contribution in [0.4, 0.5) is 33.7 Å². The number of carbonyl (C=O) groups is 1. The predicted molar refractivity (Wildman–Crippen MR) is 73.3 cm³/mol. The molecule has 22 heavy (non-hydrogen) atoms. The van der Waals surface area contributed by atoms with E-state index in [-0.39, 0.29) is 0 Å². The number of benzene rings is 2. The molecule has 0 aliphatic heterocycles. The first-order chi connectivity index (χ1) is 10.4. The highest BCUT2D eigenvalue weighted by molar-refractivity contribution is 5.92. The molecule has 0 bridgehead atoms. The molecule has 0 saturated heterocycles. The van der Waals surface area contributed by atoms with Crippen molar-refractivity contribution in [2.24, 2.45) is 0 Å². The van der Waals surface area contributed by atoms with Gasteiger partial charge in [-0.3, -0.25) is 15.8 Å². The average Bonchev–Trinajstić information content (AvgIpc) is 2.46. The third kappa shape index (κ3) is 3.11. The summed E-state index contributed by atoms with van der Waals surface area (Å²) in [6, 6.07) is 5.21. The molecule has 4 nitrogen and oxygen atoms in total. The lowest BCUT2D eigenvalue weighted by atomic mass is 10.2. The molecular weight excluding hydrogens is 302 g/mol. The van der Waals surface area contributed by atoms with E-state index in [0.717, 1.165) is 43.4 Å². The molecule has 2 rings (SSSR count). The highest BCUT2D eigenvalue weighted by Gasteiger charge is 2.19. The molecule has 2 amide bonds. The number of hydrazine groups is 1. The smallest absolute Gasteiger partial charge is 0.292 e. The van der Waals surface area contributed by atoms with E-state index in [2.05, 4.69) is 0 Å². The number of nitrogens with zero attached hydrogens (tertiary/aromatic N) is 1. The van der Waals surface area contributed by atoms with Gasteiger partial charge in [-0.15, -0.1) is 0 Å². The van der Waals surface area contributed by atoms with Crippen LogP contribution in [0, 0.1) is 23.3 Å². The van der Waals surface area contributed by atoms with Crippen LogP contribution < -0.4 is 15.8 Å². The lowest BCUT2D eigenvalue weighted by Crippen LogP contribution is -2.41. The largest absolute Gasteiger partial charge is 0.340 e. The van der Waals surface area contributed by atoms with Crippen molar-refractivity contribution >= 4 is 17.4 Å². The number of amides is 2. The molecule has 0 aliphatic carbocycles. The van der Waals surface area contributed by atoms with E-state index in [1.54, 1.807) is 0 Å². The second-order valence-electron chi connectivity index (χ2n) is 4.28. The number of carbonyl (C=O) groups excluding carboxylic acids is 1. The summed E-state index contributed by atoms with van der Waals surface area (Å²) < 4.78 is 53.8. The molecule has 0 spiro atoms. The summed E-state index contributed by atoms with van der Waals surface area (Å²) in [7, 11) is 1.11. The van der Waals surface area contributed by atoms with Crippen LogP contribution in [0.25, 0.3) is 0 Å². The minimum atomic E-state index is -1.01. The Morgan fingerprint density at radius 3 is 1.86 bits per heavy atom. The molecule has 0 unspecified atom stereocenters. The van der Waals surface area contributed by atoms with Gasteiger partial charge in [-0.25, -0.2) is 22.4 Å². The number of urea groups is 1. The lowest BCUT2D eigenvalue weighted by molar-refractivity contribution is 0.249. The third-order valence-electron chi connectivity index (χ3n) is 2.83. The fourth-order valence-corrected chi connectivity index (χ4v) is 1.73. The maximum absolute atomic E-state index is 13.6. The summed E-state index contributed by atoms with van der Waals surface area (Å²) in [6.45, 7) is 0. The Hall–Kier alpha value is -2.77. The van der Waals surface area contributed by atoms with Gasteiger partial charge in [0.05, 0.1) is 0 Å². The maximum Gasteiger partial charge on any atom is 0.340 e. The van der Waals surface area contributed by atoms with E-state index < -0.39 is 40.7 Å². The van der Waals surface area contributed by atoms with Crippen LogP contribution in [0.1, 0.15) is 0 Å². The Labute approximate surface area is 123 Å². The first-order valence-electron chi connectivity index (χ1n) is 6.09. The van der Waals surface area contributed by atoms with Gasteiger partial charge < -0.3 is 0 Å². The predicted octanol–water partition coefficient (Wildman–Crippen LogP) is 3.42. The van der Waals surface area contributed by atoms with Gasteiger partial charge in [0.1, 0.15) is 23.0 Å². The Morgan fingerprint density at radius 2 is 1.36 bits per heavy atom. The number of hydrogen-bond donors (Lipinski definition) is 2. The van der Waals surface area contributed by atoms with Crippen molar-refractivity contribution in [3.63, 3.8) is 0 Å². The Kier molecular flexibility index (Phi) is 4.50. The van der Waals surface area contributed by atoms with Crippen molar-refractivity contribution in [3.8, 4) is 0 Å². The van der Waals surface area contributed by atoms with E-state index in [1.807, 2.05) is 10.9 Å². The summed E-state index contributed by atoms with van der Waals surface area (Å²) >= 11 is 0. The first-order valence-corrected chi connectivity index (χ1v) is 6.09. The van der Waals surface area contributed by atoms with Crippen LogP contribution >= 0.6 is 0 Å². The van der Waals surface area contributed by atoms with Crippen molar-refractivity contribution in [2.45, 2.75) is 0 Å². The zero-order valence-corrected chi connectivity index (χ0v) is 11.3. The van der Waals surface area contributed by atoms with Crippen LogP contribution in [-0.4, -0.2) is 13.1 Å². The molecule has 0 atom stereocenters. The quantitative estimate of drug-likeness (QED) is 0.674. The van der Waals surface area contributed by atoms with Gasteiger partial charge in [0.2, 0.25) is 0 Å². The maximum atomic E-state index is 13.6. The monoisotopic (exact) mass is 313 g/mol. The van der Waals surface area contributed by atoms with Crippen LogP contribution in [0.2, 0.25) is 0 Å². The second-order valence-corrected chi connectivity index (χ2v) is 4.28. The standard InChI is InChI=1S/C14H11F4N3O/c1-21(13-10(17)6-3-7-11(13)18)14(22)20-19-12-8(15)4-2-5-9(12)16/h2-7,19H,1H3,(H,20,22).